The van der Waals surface area contributed by atoms with Gasteiger partial charge in [0.2, 0.25) is 0 Å². The van der Waals surface area contributed by atoms with E-state index in [-0.39, 0.29) is 0 Å². The Kier molecular flexibility index (Phi) is 5.08. The lowest BCUT2D eigenvalue weighted by atomic mass is 10.0. The molecule has 1 heterocycles. The molecule has 0 spiro atoms. The van der Waals surface area contributed by atoms with Crippen LogP contribution < -0.4 is 5.32 Å². The zero-order valence-corrected chi connectivity index (χ0v) is 13.4. The molecule has 0 radical (unpaired) electrons. The molecular weight excluding hydrogens is 272 g/mol. The van der Waals surface area contributed by atoms with Crippen molar-refractivity contribution in [3.05, 3.63) is 35.0 Å². The van der Waals surface area contributed by atoms with Gasteiger partial charge in [-0.05, 0) is 37.7 Å². The van der Waals surface area contributed by atoms with E-state index in [0.717, 1.165) is 29.6 Å². The molecule has 0 aliphatic rings. The smallest absolute Gasteiger partial charge is 0.199 e. The second-order valence-corrected chi connectivity index (χ2v) is 6.19. The summed E-state index contributed by atoms with van der Waals surface area (Å²) in [6.45, 7) is 6.20. The van der Waals surface area contributed by atoms with Gasteiger partial charge >= 0.3 is 0 Å². The largest absolute Gasteiger partial charge is 0.444 e. The number of rotatable bonds is 6. The lowest BCUT2D eigenvalue weighted by molar-refractivity contribution is 0.288. The Labute approximate surface area is 125 Å². The highest BCUT2D eigenvalue weighted by Gasteiger charge is 2.17. The van der Waals surface area contributed by atoms with Gasteiger partial charge in [-0.25, -0.2) is 0 Å². The van der Waals surface area contributed by atoms with Crippen LogP contribution in [0.4, 0.5) is 0 Å². The van der Waals surface area contributed by atoms with E-state index >= 15 is 0 Å². The first-order valence-corrected chi connectivity index (χ1v) is 7.41. The number of hydrogen-bond acceptors (Lipinski definition) is 3. The van der Waals surface area contributed by atoms with E-state index in [0.29, 0.717) is 17.2 Å². The number of benzene rings is 1. The Hall–Kier alpha value is -1.03. The fourth-order valence-electron chi connectivity index (χ4n) is 2.37. The summed E-state index contributed by atoms with van der Waals surface area (Å²) in [7, 11) is 4.19. The van der Waals surface area contributed by atoms with E-state index < -0.39 is 0 Å². The van der Waals surface area contributed by atoms with Gasteiger partial charge in [0.25, 0.3) is 0 Å². The van der Waals surface area contributed by atoms with Crippen molar-refractivity contribution in [3.8, 4) is 0 Å². The van der Waals surface area contributed by atoms with Crippen LogP contribution in [0.15, 0.2) is 28.7 Å². The first-order chi connectivity index (χ1) is 9.49. The molecule has 0 saturated carbocycles. The summed E-state index contributed by atoms with van der Waals surface area (Å²) in [6.07, 6.45) is 0. The SMILES string of the molecule is CC(C)C(CN(C)C)NCc1c(Cl)oc2ccccc12. The third-order valence-electron chi connectivity index (χ3n) is 3.56. The number of fused-ring (bicyclic) bond motifs is 1. The molecule has 2 aromatic rings. The molecule has 2 rings (SSSR count). The van der Waals surface area contributed by atoms with E-state index in [1.54, 1.807) is 0 Å². The van der Waals surface area contributed by atoms with Crippen molar-refractivity contribution in [1.82, 2.24) is 10.2 Å². The third kappa shape index (κ3) is 3.54. The van der Waals surface area contributed by atoms with Gasteiger partial charge in [0.05, 0.1) is 0 Å². The molecule has 0 saturated heterocycles. The van der Waals surface area contributed by atoms with Gasteiger partial charge in [-0.15, -0.1) is 0 Å². The fourth-order valence-corrected chi connectivity index (χ4v) is 2.62. The summed E-state index contributed by atoms with van der Waals surface area (Å²) in [5, 5.41) is 5.19. The van der Waals surface area contributed by atoms with Gasteiger partial charge in [-0.2, -0.15) is 0 Å². The monoisotopic (exact) mass is 294 g/mol. The van der Waals surface area contributed by atoms with Gasteiger partial charge in [0.15, 0.2) is 5.22 Å². The number of para-hydroxylation sites is 1. The van der Waals surface area contributed by atoms with Crippen LogP contribution >= 0.6 is 11.6 Å². The first kappa shape index (κ1) is 15.4. The Morgan fingerprint density at radius 1 is 1.25 bits per heavy atom. The summed E-state index contributed by atoms with van der Waals surface area (Å²) in [5.41, 5.74) is 1.90. The second-order valence-electron chi connectivity index (χ2n) is 5.84. The van der Waals surface area contributed by atoms with Crippen LogP contribution in [-0.2, 0) is 6.54 Å². The average Bonchev–Trinajstić information content (AvgIpc) is 2.69. The topological polar surface area (TPSA) is 28.4 Å². The van der Waals surface area contributed by atoms with Crippen LogP contribution in [0.3, 0.4) is 0 Å². The summed E-state index contributed by atoms with van der Waals surface area (Å²) in [5.74, 6) is 0.564. The first-order valence-electron chi connectivity index (χ1n) is 7.03. The van der Waals surface area contributed by atoms with Crippen LogP contribution in [0.25, 0.3) is 11.0 Å². The highest BCUT2D eigenvalue weighted by molar-refractivity contribution is 6.30. The van der Waals surface area contributed by atoms with Crippen molar-refractivity contribution in [2.24, 2.45) is 5.92 Å². The minimum atomic E-state index is 0.426. The quantitative estimate of drug-likeness (QED) is 0.879. The minimum absolute atomic E-state index is 0.426. The molecule has 110 valence electrons. The molecule has 0 bridgehead atoms. The molecule has 20 heavy (non-hydrogen) atoms. The average molecular weight is 295 g/mol. The van der Waals surface area contributed by atoms with Crippen LogP contribution in [0, 0.1) is 5.92 Å². The Balaban J connectivity index is 2.13. The predicted molar refractivity (Wildman–Crippen MR) is 85.2 cm³/mol. The zero-order valence-electron chi connectivity index (χ0n) is 12.6. The Bertz CT molecular complexity index is 563. The van der Waals surface area contributed by atoms with Crippen molar-refractivity contribution in [3.63, 3.8) is 0 Å². The van der Waals surface area contributed by atoms with Gasteiger partial charge < -0.3 is 14.6 Å². The van der Waals surface area contributed by atoms with Crippen molar-refractivity contribution < 1.29 is 4.42 Å². The normalized spacial score (nSPS) is 13.6. The van der Waals surface area contributed by atoms with Gasteiger partial charge in [-0.1, -0.05) is 32.0 Å². The summed E-state index contributed by atoms with van der Waals surface area (Å²) in [4.78, 5) is 2.20. The molecule has 1 aromatic heterocycles. The maximum Gasteiger partial charge on any atom is 0.199 e. The van der Waals surface area contributed by atoms with E-state index in [1.165, 1.54) is 0 Å². The van der Waals surface area contributed by atoms with Crippen molar-refractivity contribution >= 4 is 22.6 Å². The van der Waals surface area contributed by atoms with Gasteiger partial charge in [0.1, 0.15) is 5.58 Å². The zero-order chi connectivity index (χ0) is 14.7. The molecule has 4 heteroatoms. The molecule has 1 N–H and O–H groups in total. The van der Waals surface area contributed by atoms with E-state index in [9.17, 15) is 0 Å². The predicted octanol–water partition coefficient (Wildman–Crippen LogP) is 3.76. The van der Waals surface area contributed by atoms with E-state index in [4.69, 9.17) is 16.0 Å². The number of likely N-dealkylation sites (N-methyl/N-ethyl adjacent to an activating group) is 1. The van der Waals surface area contributed by atoms with E-state index in [1.807, 2.05) is 18.2 Å². The van der Waals surface area contributed by atoms with Gasteiger partial charge in [0, 0.05) is 30.1 Å². The number of nitrogens with zero attached hydrogens (tertiary/aromatic N) is 1. The Morgan fingerprint density at radius 2 is 1.95 bits per heavy atom. The molecule has 1 atom stereocenters. The number of hydrogen-bond donors (Lipinski definition) is 1. The number of halogens is 1. The fraction of sp³-hybridized carbons (Fsp3) is 0.500. The van der Waals surface area contributed by atoms with Crippen molar-refractivity contribution in [2.75, 3.05) is 20.6 Å². The molecule has 3 nitrogen and oxygen atoms in total. The van der Waals surface area contributed by atoms with Crippen molar-refractivity contribution in [2.45, 2.75) is 26.4 Å². The van der Waals surface area contributed by atoms with Crippen LogP contribution in [0.5, 0.6) is 0 Å². The molecule has 0 amide bonds. The molecule has 0 aliphatic carbocycles. The van der Waals surface area contributed by atoms with Crippen LogP contribution in [-0.4, -0.2) is 31.6 Å². The molecule has 0 fully saturated rings. The number of nitrogens with one attached hydrogen (secondary N) is 1. The summed E-state index contributed by atoms with van der Waals surface area (Å²) in [6, 6.07) is 8.40. The third-order valence-corrected chi connectivity index (χ3v) is 3.86. The standard InChI is InChI=1S/C16H23ClN2O/c1-11(2)14(10-19(3)4)18-9-13-12-7-5-6-8-15(12)20-16(13)17/h5-8,11,14,18H,9-10H2,1-4H3. The molecule has 1 unspecified atom stereocenters. The van der Waals surface area contributed by atoms with E-state index in [2.05, 4.69) is 44.2 Å². The minimum Gasteiger partial charge on any atom is -0.444 e. The molecule has 1 aromatic carbocycles. The lowest BCUT2D eigenvalue weighted by Gasteiger charge is -2.25. The van der Waals surface area contributed by atoms with Crippen LogP contribution in [0.1, 0.15) is 19.4 Å². The van der Waals surface area contributed by atoms with Gasteiger partial charge in [-0.3, -0.25) is 0 Å². The Morgan fingerprint density at radius 3 is 2.60 bits per heavy atom. The van der Waals surface area contributed by atoms with Crippen LogP contribution in [0.2, 0.25) is 5.22 Å². The van der Waals surface area contributed by atoms with Crippen molar-refractivity contribution in [1.29, 1.82) is 0 Å². The molecule has 0 aliphatic heterocycles. The number of furan rings is 1. The maximum absolute atomic E-state index is 6.22. The second kappa shape index (κ2) is 6.61. The highest BCUT2D eigenvalue weighted by atomic mass is 35.5. The lowest BCUT2D eigenvalue weighted by Crippen LogP contribution is -2.41. The summed E-state index contributed by atoms with van der Waals surface area (Å²) < 4.78 is 5.59. The molecular formula is C16H23ClN2O. The highest BCUT2D eigenvalue weighted by Crippen LogP contribution is 2.29. The summed E-state index contributed by atoms with van der Waals surface area (Å²) >= 11 is 6.22. The maximum atomic E-state index is 6.22.